The van der Waals surface area contributed by atoms with Crippen LogP contribution >= 0.6 is 0 Å². The van der Waals surface area contributed by atoms with Gasteiger partial charge in [-0.2, -0.15) is 18.2 Å². The lowest BCUT2D eigenvalue weighted by Crippen LogP contribution is -2.13. The van der Waals surface area contributed by atoms with Crippen LogP contribution in [-0.4, -0.2) is 23.1 Å². The van der Waals surface area contributed by atoms with Crippen molar-refractivity contribution in [3.8, 4) is 5.75 Å². The second-order valence-electron chi connectivity index (χ2n) is 4.57. The molecule has 0 aliphatic heterocycles. The summed E-state index contributed by atoms with van der Waals surface area (Å²) >= 11 is 0. The predicted molar refractivity (Wildman–Crippen MR) is 82.1 cm³/mol. The first-order valence-electron chi connectivity index (χ1n) is 7.12. The maximum Gasteiger partial charge on any atom is 0.433 e. The van der Waals surface area contributed by atoms with Crippen molar-refractivity contribution >= 4 is 17.5 Å². The van der Waals surface area contributed by atoms with Crippen molar-refractivity contribution < 1.29 is 17.9 Å². The van der Waals surface area contributed by atoms with Gasteiger partial charge in [-0.15, -0.1) is 0 Å². The zero-order valence-corrected chi connectivity index (χ0v) is 12.7. The molecular formula is C15H17F3N4O. The first-order valence-corrected chi connectivity index (χ1v) is 7.12. The van der Waals surface area contributed by atoms with E-state index in [0.29, 0.717) is 24.6 Å². The van der Waals surface area contributed by atoms with Gasteiger partial charge >= 0.3 is 6.18 Å². The van der Waals surface area contributed by atoms with E-state index in [1.807, 2.05) is 6.92 Å². The highest BCUT2D eigenvalue weighted by atomic mass is 19.4. The van der Waals surface area contributed by atoms with E-state index in [2.05, 4.69) is 20.6 Å². The lowest BCUT2D eigenvalue weighted by molar-refractivity contribution is -0.141. The summed E-state index contributed by atoms with van der Waals surface area (Å²) in [5.74, 6) is 0.674. The fraction of sp³-hybridized carbons (Fsp3) is 0.333. The molecule has 124 valence electrons. The molecule has 0 fully saturated rings. The summed E-state index contributed by atoms with van der Waals surface area (Å²) in [6, 6.07) is 7.73. The van der Waals surface area contributed by atoms with Gasteiger partial charge in [0.2, 0.25) is 5.95 Å². The first kappa shape index (κ1) is 16.9. The quantitative estimate of drug-likeness (QED) is 0.838. The Kier molecular flexibility index (Phi) is 5.25. The summed E-state index contributed by atoms with van der Waals surface area (Å²) in [6.45, 7) is 4.58. The van der Waals surface area contributed by atoms with Gasteiger partial charge in [-0.05, 0) is 38.1 Å². The standard InChI is InChI=1S/C15H17F3N4O/c1-3-19-14-21-12(15(16,17)18)9-13(22-14)20-10-5-7-11(8-6-10)23-4-2/h5-9H,3-4H2,1-2H3,(H2,19,20,21,22). The third-order valence-electron chi connectivity index (χ3n) is 2.79. The molecule has 0 amide bonds. The summed E-state index contributed by atoms with van der Waals surface area (Å²) in [5.41, 5.74) is -0.403. The van der Waals surface area contributed by atoms with Gasteiger partial charge < -0.3 is 15.4 Å². The topological polar surface area (TPSA) is 59.1 Å². The molecule has 0 saturated heterocycles. The molecule has 1 aromatic carbocycles. The molecule has 2 aromatic rings. The van der Waals surface area contributed by atoms with Crippen molar-refractivity contribution in [1.29, 1.82) is 0 Å². The van der Waals surface area contributed by atoms with Crippen LogP contribution in [0.4, 0.5) is 30.6 Å². The van der Waals surface area contributed by atoms with E-state index in [0.717, 1.165) is 6.07 Å². The van der Waals surface area contributed by atoms with Gasteiger partial charge in [0.15, 0.2) is 5.69 Å². The van der Waals surface area contributed by atoms with E-state index >= 15 is 0 Å². The molecule has 0 saturated carbocycles. The third kappa shape index (κ3) is 4.73. The molecule has 0 aliphatic rings. The maximum absolute atomic E-state index is 12.9. The summed E-state index contributed by atoms with van der Waals surface area (Å²) in [4.78, 5) is 7.49. The van der Waals surface area contributed by atoms with Crippen LogP contribution < -0.4 is 15.4 Å². The molecule has 0 spiro atoms. The van der Waals surface area contributed by atoms with Gasteiger partial charge in [-0.3, -0.25) is 0 Å². The van der Waals surface area contributed by atoms with Crippen LogP contribution in [-0.2, 0) is 6.18 Å². The molecule has 1 heterocycles. The van der Waals surface area contributed by atoms with Crippen LogP contribution in [0.25, 0.3) is 0 Å². The number of halogens is 3. The normalized spacial score (nSPS) is 11.2. The first-order chi connectivity index (χ1) is 10.9. The molecule has 0 radical (unpaired) electrons. The van der Waals surface area contributed by atoms with Crippen molar-refractivity contribution in [2.45, 2.75) is 20.0 Å². The van der Waals surface area contributed by atoms with E-state index in [4.69, 9.17) is 4.74 Å². The molecule has 0 aliphatic carbocycles. The zero-order chi connectivity index (χ0) is 16.9. The van der Waals surface area contributed by atoms with Crippen molar-refractivity contribution in [2.75, 3.05) is 23.8 Å². The van der Waals surface area contributed by atoms with Gasteiger partial charge in [0.1, 0.15) is 11.6 Å². The predicted octanol–water partition coefficient (Wildman–Crippen LogP) is 4.07. The highest BCUT2D eigenvalue weighted by Crippen LogP contribution is 2.30. The average Bonchev–Trinajstić information content (AvgIpc) is 2.49. The third-order valence-corrected chi connectivity index (χ3v) is 2.79. The highest BCUT2D eigenvalue weighted by molar-refractivity contribution is 5.58. The van der Waals surface area contributed by atoms with Crippen LogP contribution in [0.3, 0.4) is 0 Å². The average molecular weight is 326 g/mol. The van der Waals surface area contributed by atoms with Crippen LogP contribution in [0.1, 0.15) is 19.5 Å². The Labute approximate surface area is 131 Å². The Hall–Kier alpha value is -2.51. The highest BCUT2D eigenvalue weighted by Gasteiger charge is 2.33. The molecule has 2 N–H and O–H groups in total. The molecule has 1 aromatic heterocycles. The van der Waals surface area contributed by atoms with Gasteiger partial charge in [0, 0.05) is 18.3 Å². The van der Waals surface area contributed by atoms with Gasteiger partial charge in [0.05, 0.1) is 6.61 Å². The SMILES string of the molecule is CCNc1nc(Nc2ccc(OCC)cc2)cc(C(F)(F)F)n1. The largest absolute Gasteiger partial charge is 0.494 e. The van der Waals surface area contributed by atoms with Crippen molar-refractivity contribution in [1.82, 2.24) is 9.97 Å². The molecule has 8 heteroatoms. The number of anilines is 3. The Morgan fingerprint density at radius 2 is 1.78 bits per heavy atom. The fourth-order valence-corrected chi connectivity index (χ4v) is 1.84. The molecular weight excluding hydrogens is 309 g/mol. The number of nitrogens with zero attached hydrogens (tertiary/aromatic N) is 2. The Balaban J connectivity index is 2.25. The van der Waals surface area contributed by atoms with Crippen molar-refractivity contribution in [3.05, 3.63) is 36.0 Å². The lowest BCUT2D eigenvalue weighted by Gasteiger charge is -2.12. The smallest absolute Gasteiger partial charge is 0.433 e. The number of rotatable bonds is 6. The van der Waals surface area contributed by atoms with Gasteiger partial charge in [-0.1, -0.05) is 0 Å². The number of alkyl halides is 3. The Morgan fingerprint density at radius 3 is 2.35 bits per heavy atom. The summed E-state index contributed by atoms with van der Waals surface area (Å²) < 4.78 is 44.0. The van der Waals surface area contributed by atoms with E-state index in [1.54, 1.807) is 31.2 Å². The number of nitrogens with one attached hydrogen (secondary N) is 2. The van der Waals surface area contributed by atoms with E-state index < -0.39 is 11.9 Å². The minimum absolute atomic E-state index is 0.0624. The summed E-state index contributed by atoms with van der Waals surface area (Å²) in [6.07, 6.45) is -4.54. The van der Waals surface area contributed by atoms with E-state index in [-0.39, 0.29) is 11.8 Å². The van der Waals surface area contributed by atoms with Gasteiger partial charge in [-0.25, -0.2) is 4.98 Å². The molecule has 23 heavy (non-hydrogen) atoms. The second kappa shape index (κ2) is 7.17. The van der Waals surface area contributed by atoms with E-state index in [1.165, 1.54) is 0 Å². The molecule has 0 atom stereocenters. The summed E-state index contributed by atoms with van der Waals surface area (Å²) in [5, 5.41) is 5.53. The van der Waals surface area contributed by atoms with Crippen LogP contribution in [0.15, 0.2) is 30.3 Å². The lowest BCUT2D eigenvalue weighted by atomic mass is 10.3. The monoisotopic (exact) mass is 326 g/mol. The minimum atomic E-state index is -4.54. The van der Waals surface area contributed by atoms with Crippen LogP contribution in [0.2, 0.25) is 0 Å². The molecule has 2 rings (SSSR count). The maximum atomic E-state index is 12.9. The van der Waals surface area contributed by atoms with E-state index in [9.17, 15) is 13.2 Å². The zero-order valence-electron chi connectivity index (χ0n) is 12.7. The number of aromatic nitrogens is 2. The van der Waals surface area contributed by atoms with Crippen LogP contribution in [0, 0.1) is 0 Å². The number of hydrogen-bond acceptors (Lipinski definition) is 5. The minimum Gasteiger partial charge on any atom is -0.494 e. The molecule has 0 unspecified atom stereocenters. The molecule has 5 nitrogen and oxygen atoms in total. The fourth-order valence-electron chi connectivity index (χ4n) is 1.84. The summed E-state index contributed by atoms with van der Waals surface area (Å²) in [7, 11) is 0. The van der Waals surface area contributed by atoms with Gasteiger partial charge in [0.25, 0.3) is 0 Å². The number of hydrogen-bond donors (Lipinski definition) is 2. The van der Waals surface area contributed by atoms with Crippen molar-refractivity contribution in [3.63, 3.8) is 0 Å². The van der Waals surface area contributed by atoms with Crippen molar-refractivity contribution in [2.24, 2.45) is 0 Å². The number of ether oxygens (including phenoxy) is 1. The second-order valence-corrected chi connectivity index (χ2v) is 4.57. The Bertz CT molecular complexity index is 644. The molecule has 0 bridgehead atoms. The number of benzene rings is 1. The Morgan fingerprint density at radius 1 is 1.09 bits per heavy atom. The van der Waals surface area contributed by atoms with Crippen LogP contribution in [0.5, 0.6) is 5.75 Å².